The van der Waals surface area contributed by atoms with Crippen LogP contribution < -0.4 is 0 Å². The normalized spacial score (nSPS) is 8.33. The Labute approximate surface area is 81.9 Å². The molecule has 2 heteroatoms. The highest BCUT2D eigenvalue weighted by atomic mass is 79.9. The molecule has 12 heavy (non-hydrogen) atoms. The number of aryl methyl sites for hydroxylation is 1. The molecule has 1 rings (SSSR count). The van der Waals surface area contributed by atoms with Crippen molar-refractivity contribution in [1.82, 2.24) is 0 Å². The molecule has 1 aromatic rings. The molecular weight excluding hydrogens is 216 g/mol. The van der Waals surface area contributed by atoms with Crippen molar-refractivity contribution in [2.75, 3.05) is 0 Å². The van der Waals surface area contributed by atoms with Crippen LogP contribution in [0.4, 0.5) is 0 Å². The van der Waals surface area contributed by atoms with Crippen molar-refractivity contribution in [1.29, 1.82) is 0 Å². The SMILES string of the molecule is CC(C)=O.Cc1ccccc1Br. The van der Waals surface area contributed by atoms with Gasteiger partial charge < -0.3 is 4.79 Å². The van der Waals surface area contributed by atoms with Crippen LogP contribution >= 0.6 is 15.9 Å². The van der Waals surface area contributed by atoms with Gasteiger partial charge in [0.05, 0.1) is 0 Å². The molecule has 0 radical (unpaired) electrons. The van der Waals surface area contributed by atoms with Crippen molar-refractivity contribution >= 4 is 21.7 Å². The van der Waals surface area contributed by atoms with Gasteiger partial charge in [-0.3, -0.25) is 0 Å². The monoisotopic (exact) mass is 228 g/mol. The van der Waals surface area contributed by atoms with Crippen LogP contribution in [0.3, 0.4) is 0 Å². The molecular formula is C10H13BrO. The molecule has 66 valence electrons. The zero-order valence-electron chi connectivity index (χ0n) is 7.60. The fourth-order valence-corrected chi connectivity index (χ4v) is 0.836. The van der Waals surface area contributed by atoms with E-state index in [1.54, 1.807) is 0 Å². The van der Waals surface area contributed by atoms with Crippen molar-refractivity contribution in [2.45, 2.75) is 20.8 Å². The molecule has 0 aliphatic heterocycles. The van der Waals surface area contributed by atoms with Gasteiger partial charge in [-0.1, -0.05) is 34.1 Å². The lowest BCUT2D eigenvalue weighted by Crippen LogP contribution is -1.69. The number of ketones is 1. The van der Waals surface area contributed by atoms with Gasteiger partial charge >= 0.3 is 0 Å². The number of carbonyl (C=O) groups excluding carboxylic acids is 1. The second kappa shape index (κ2) is 5.95. The molecule has 1 aromatic carbocycles. The summed E-state index contributed by atoms with van der Waals surface area (Å²) in [5.41, 5.74) is 1.28. The highest BCUT2D eigenvalue weighted by Gasteiger charge is 1.86. The van der Waals surface area contributed by atoms with Gasteiger partial charge in [0.2, 0.25) is 0 Å². The quantitative estimate of drug-likeness (QED) is 0.666. The predicted octanol–water partition coefficient (Wildman–Crippen LogP) is 3.35. The third-order valence-corrected chi connectivity index (χ3v) is 1.97. The Kier molecular flexibility index (Phi) is 5.64. The molecule has 0 saturated heterocycles. The lowest BCUT2D eigenvalue weighted by atomic mass is 10.2. The molecule has 0 heterocycles. The topological polar surface area (TPSA) is 17.1 Å². The Balaban J connectivity index is 0.000000261. The number of benzene rings is 1. The first kappa shape index (κ1) is 11.4. The Morgan fingerprint density at radius 3 is 1.92 bits per heavy atom. The third kappa shape index (κ3) is 6.10. The molecule has 0 N–H and O–H groups in total. The number of halogens is 1. The molecule has 0 bridgehead atoms. The molecule has 0 unspecified atom stereocenters. The van der Waals surface area contributed by atoms with Gasteiger partial charge in [-0.2, -0.15) is 0 Å². The maximum Gasteiger partial charge on any atom is 0.126 e. The van der Waals surface area contributed by atoms with E-state index < -0.39 is 0 Å². The number of carbonyl (C=O) groups is 1. The average molecular weight is 229 g/mol. The van der Waals surface area contributed by atoms with Crippen LogP contribution in [0.5, 0.6) is 0 Å². The second-order valence-corrected chi connectivity index (χ2v) is 3.51. The van der Waals surface area contributed by atoms with Crippen LogP contribution in [-0.4, -0.2) is 5.78 Å². The van der Waals surface area contributed by atoms with Crippen LogP contribution in [0.25, 0.3) is 0 Å². The molecule has 0 fully saturated rings. The summed E-state index contributed by atoms with van der Waals surface area (Å²) in [5.74, 6) is 0.167. The van der Waals surface area contributed by atoms with E-state index in [1.165, 1.54) is 23.9 Å². The number of rotatable bonds is 0. The first-order valence-corrected chi connectivity index (χ1v) is 4.51. The van der Waals surface area contributed by atoms with E-state index in [-0.39, 0.29) is 5.78 Å². The van der Waals surface area contributed by atoms with Crippen LogP contribution in [0.1, 0.15) is 19.4 Å². The number of hydrogen-bond donors (Lipinski definition) is 0. The standard InChI is InChI=1S/C7H7Br.C3H6O/c1-6-4-2-3-5-7(6)8;1-3(2)4/h2-5H,1H3;1-2H3. The van der Waals surface area contributed by atoms with Gasteiger partial charge in [-0.15, -0.1) is 0 Å². The first-order chi connectivity index (χ1) is 5.54. The Morgan fingerprint density at radius 2 is 1.67 bits per heavy atom. The minimum absolute atomic E-state index is 0.167. The van der Waals surface area contributed by atoms with Crippen molar-refractivity contribution in [3.05, 3.63) is 34.3 Å². The lowest BCUT2D eigenvalue weighted by molar-refractivity contribution is -0.114. The summed E-state index contributed by atoms with van der Waals surface area (Å²) in [6, 6.07) is 8.15. The summed E-state index contributed by atoms with van der Waals surface area (Å²) < 4.78 is 1.18. The highest BCUT2D eigenvalue weighted by molar-refractivity contribution is 9.10. The van der Waals surface area contributed by atoms with E-state index in [2.05, 4.69) is 28.9 Å². The summed E-state index contributed by atoms with van der Waals surface area (Å²) in [4.78, 5) is 9.44. The van der Waals surface area contributed by atoms with Crippen LogP contribution in [0.2, 0.25) is 0 Å². The number of hydrogen-bond acceptors (Lipinski definition) is 1. The van der Waals surface area contributed by atoms with Crippen LogP contribution in [-0.2, 0) is 4.79 Å². The van der Waals surface area contributed by atoms with Gasteiger partial charge in [0, 0.05) is 4.47 Å². The smallest absolute Gasteiger partial charge is 0.126 e. The minimum Gasteiger partial charge on any atom is -0.300 e. The third-order valence-electron chi connectivity index (χ3n) is 1.08. The van der Waals surface area contributed by atoms with Crippen molar-refractivity contribution in [2.24, 2.45) is 0 Å². The summed E-state index contributed by atoms with van der Waals surface area (Å²) in [5, 5.41) is 0. The fourth-order valence-electron chi connectivity index (χ4n) is 0.551. The molecule has 0 atom stereocenters. The molecule has 0 amide bonds. The van der Waals surface area contributed by atoms with Crippen molar-refractivity contribution in [3.8, 4) is 0 Å². The Hall–Kier alpha value is -0.630. The van der Waals surface area contributed by atoms with Crippen LogP contribution in [0, 0.1) is 6.92 Å². The summed E-state index contributed by atoms with van der Waals surface area (Å²) in [6.45, 7) is 5.13. The molecule has 1 nitrogen and oxygen atoms in total. The summed E-state index contributed by atoms with van der Waals surface area (Å²) >= 11 is 3.40. The predicted molar refractivity (Wildman–Crippen MR) is 55.2 cm³/mol. The van der Waals surface area contributed by atoms with E-state index >= 15 is 0 Å². The maximum atomic E-state index is 9.44. The van der Waals surface area contributed by atoms with E-state index in [4.69, 9.17) is 0 Å². The van der Waals surface area contributed by atoms with Crippen molar-refractivity contribution in [3.63, 3.8) is 0 Å². The van der Waals surface area contributed by atoms with Gasteiger partial charge in [-0.25, -0.2) is 0 Å². The second-order valence-electron chi connectivity index (χ2n) is 2.66. The van der Waals surface area contributed by atoms with E-state index in [1.807, 2.05) is 18.2 Å². The number of Topliss-reactive ketones (excluding diaryl/α,β-unsaturated/α-hetero) is 1. The zero-order chi connectivity index (χ0) is 9.56. The van der Waals surface area contributed by atoms with E-state index in [9.17, 15) is 4.79 Å². The van der Waals surface area contributed by atoms with Gasteiger partial charge in [-0.05, 0) is 32.4 Å². The first-order valence-electron chi connectivity index (χ1n) is 3.72. The Bertz CT molecular complexity index is 231. The fraction of sp³-hybridized carbons (Fsp3) is 0.300. The lowest BCUT2D eigenvalue weighted by Gasteiger charge is -1.91. The van der Waals surface area contributed by atoms with Gasteiger partial charge in [0.1, 0.15) is 5.78 Å². The van der Waals surface area contributed by atoms with Crippen LogP contribution in [0.15, 0.2) is 28.7 Å². The minimum atomic E-state index is 0.167. The Morgan fingerprint density at radius 1 is 1.25 bits per heavy atom. The zero-order valence-corrected chi connectivity index (χ0v) is 9.18. The molecule has 0 spiro atoms. The summed E-state index contributed by atoms with van der Waals surface area (Å²) in [7, 11) is 0. The van der Waals surface area contributed by atoms with Crippen molar-refractivity contribution < 1.29 is 4.79 Å². The van der Waals surface area contributed by atoms with Gasteiger partial charge in [0.15, 0.2) is 0 Å². The average Bonchev–Trinajstić information content (AvgIpc) is 1.94. The van der Waals surface area contributed by atoms with E-state index in [0.29, 0.717) is 0 Å². The largest absolute Gasteiger partial charge is 0.300 e. The van der Waals surface area contributed by atoms with E-state index in [0.717, 1.165) is 0 Å². The maximum absolute atomic E-state index is 9.44. The summed E-state index contributed by atoms with van der Waals surface area (Å²) in [6.07, 6.45) is 0. The molecule has 0 aromatic heterocycles. The highest BCUT2D eigenvalue weighted by Crippen LogP contribution is 2.13. The molecule has 0 aliphatic carbocycles. The molecule has 0 saturated carbocycles. The molecule has 0 aliphatic rings. The van der Waals surface area contributed by atoms with Gasteiger partial charge in [0.25, 0.3) is 0 Å².